The lowest BCUT2D eigenvalue weighted by molar-refractivity contribution is 0.269. The van der Waals surface area contributed by atoms with Crippen LogP contribution in [0.15, 0.2) is 18.2 Å². The number of nitrogens with one attached hydrogen (secondary N) is 1. The van der Waals surface area contributed by atoms with Gasteiger partial charge < -0.3 is 11.1 Å². The Morgan fingerprint density at radius 2 is 2.06 bits per heavy atom. The Bertz CT molecular complexity index is 370. The van der Waals surface area contributed by atoms with Gasteiger partial charge in [-0.2, -0.15) is 0 Å². The van der Waals surface area contributed by atoms with Gasteiger partial charge in [-0.3, -0.25) is 4.90 Å². The molecule has 1 heterocycles. The lowest BCUT2D eigenvalue weighted by Gasteiger charge is -2.24. The Kier molecular flexibility index (Phi) is 3.89. The third-order valence-electron chi connectivity index (χ3n) is 3.68. The Balaban J connectivity index is 1.90. The molecule has 1 atom stereocenters. The normalized spacial score (nSPS) is 18.2. The summed E-state index contributed by atoms with van der Waals surface area (Å²) in [6.45, 7) is 7.78. The molecular formula is C14H23N3. The van der Waals surface area contributed by atoms with Crippen LogP contribution in [-0.4, -0.2) is 30.6 Å². The van der Waals surface area contributed by atoms with Crippen LogP contribution in [0.4, 0.5) is 11.4 Å². The van der Waals surface area contributed by atoms with E-state index in [1.807, 2.05) is 13.0 Å². The van der Waals surface area contributed by atoms with Crippen molar-refractivity contribution in [3.8, 4) is 0 Å². The molecule has 1 aliphatic rings. The van der Waals surface area contributed by atoms with E-state index in [1.165, 1.54) is 25.9 Å². The van der Waals surface area contributed by atoms with Crippen LogP contribution < -0.4 is 11.1 Å². The quantitative estimate of drug-likeness (QED) is 0.785. The third kappa shape index (κ3) is 2.91. The second-order valence-electron chi connectivity index (χ2n) is 5.01. The van der Waals surface area contributed by atoms with E-state index in [1.54, 1.807) is 0 Å². The molecule has 0 aromatic heterocycles. The number of aryl methyl sites for hydroxylation is 1. The summed E-state index contributed by atoms with van der Waals surface area (Å²) < 4.78 is 0. The molecule has 1 saturated heterocycles. The predicted molar refractivity (Wildman–Crippen MR) is 74.4 cm³/mol. The molecule has 0 amide bonds. The number of anilines is 2. The maximum atomic E-state index is 6.05. The fourth-order valence-electron chi connectivity index (χ4n) is 2.40. The third-order valence-corrected chi connectivity index (χ3v) is 3.68. The van der Waals surface area contributed by atoms with Crippen molar-refractivity contribution < 1.29 is 0 Å². The van der Waals surface area contributed by atoms with Crippen LogP contribution in [-0.2, 0) is 0 Å². The summed E-state index contributed by atoms with van der Waals surface area (Å²) in [6.07, 6.45) is 2.69. The molecule has 0 spiro atoms. The summed E-state index contributed by atoms with van der Waals surface area (Å²) in [5.74, 6) is 0. The predicted octanol–water partition coefficient (Wildman–Crippen LogP) is 2.47. The van der Waals surface area contributed by atoms with Gasteiger partial charge in [0.05, 0.1) is 11.4 Å². The van der Waals surface area contributed by atoms with Gasteiger partial charge in [-0.25, -0.2) is 0 Å². The summed E-state index contributed by atoms with van der Waals surface area (Å²) in [7, 11) is 0. The fraction of sp³-hybridized carbons (Fsp3) is 0.571. The first-order valence-corrected chi connectivity index (χ1v) is 6.51. The molecule has 0 aliphatic carbocycles. The number of hydrogen-bond acceptors (Lipinski definition) is 3. The van der Waals surface area contributed by atoms with Crippen LogP contribution in [0.1, 0.15) is 25.3 Å². The van der Waals surface area contributed by atoms with Gasteiger partial charge in [0, 0.05) is 12.6 Å². The van der Waals surface area contributed by atoms with Crippen LogP contribution in [0.2, 0.25) is 0 Å². The second kappa shape index (κ2) is 5.41. The second-order valence-corrected chi connectivity index (χ2v) is 5.01. The largest absolute Gasteiger partial charge is 0.397 e. The molecule has 3 heteroatoms. The van der Waals surface area contributed by atoms with Crippen LogP contribution in [0.25, 0.3) is 0 Å². The number of nitrogen functional groups attached to an aromatic ring is 1. The minimum atomic E-state index is 0.581. The van der Waals surface area contributed by atoms with Gasteiger partial charge in [0.1, 0.15) is 0 Å². The van der Waals surface area contributed by atoms with Crippen molar-refractivity contribution in [2.75, 3.05) is 30.7 Å². The van der Waals surface area contributed by atoms with E-state index < -0.39 is 0 Å². The van der Waals surface area contributed by atoms with Crippen molar-refractivity contribution in [2.45, 2.75) is 32.7 Å². The zero-order chi connectivity index (χ0) is 12.3. The number of benzene rings is 1. The molecule has 2 rings (SSSR count). The average molecular weight is 233 g/mol. The highest BCUT2D eigenvalue weighted by Crippen LogP contribution is 2.22. The minimum absolute atomic E-state index is 0.581. The van der Waals surface area contributed by atoms with Gasteiger partial charge in [-0.1, -0.05) is 12.1 Å². The van der Waals surface area contributed by atoms with Gasteiger partial charge in [0.2, 0.25) is 0 Å². The van der Waals surface area contributed by atoms with E-state index in [-0.39, 0.29) is 0 Å². The number of hydrogen-bond donors (Lipinski definition) is 2. The van der Waals surface area contributed by atoms with Crippen molar-refractivity contribution in [2.24, 2.45) is 0 Å². The smallest absolute Gasteiger partial charge is 0.0579 e. The summed E-state index contributed by atoms with van der Waals surface area (Å²) in [5.41, 5.74) is 9.13. The molecular weight excluding hydrogens is 210 g/mol. The molecule has 0 radical (unpaired) electrons. The van der Waals surface area contributed by atoms with E-state index in [0.29, 0.717) is 6.04 Å². The van der Waals surface area contributed by atoms with Crippen molar-refractivity contribution >= 4 is 11.4 Å². The number of nitrogens with two attached hydrogens (primary N) is 1. The molecule has 17 heavy (non-hydrogen) atoms. The van der Waals surface area contributed by atoms with E-state index in [2.05, 4.69) is 29.3 Å². The molecule has 1 aromatic carbocycles. The molecule has 3 nitrogen and oxygen atoms in total. The molecule has 1 unspecified atom stereocenters. The zero-order valence-electron chi connectivity index (χ0n) is 10.9. The van der Waals surface area contributed by atoms with Crippen LogP contribution in [0.3, 0.4) is 0 Å². The van der Waals surface area contributed by atoms with Gasteiger partial charge in [0.15, 0.2) is 0 Å². The molecule has 1 fully saturated rings. The van der Waals surface area contributed by atoms with E-state index in [4.69, 9.17) is 5.73 Å². The highest BCUT2D eigenvalue weighted by atomic mass is 15.2. The van der Waals surface area contributed by atoms with Gasteiger partial charge in [-0.15, -0.1) is 0 Å². The average Bonchev–Trinajstić information content (AvgIpc) is 2.84. The maximum Gasteiger partial charge on any atom is 0.0579 e. The first-order chi connectivity index (χ1) is 8.18. The summed E-state index contributed by atoms with van der Waals surface area (Å²) in [6, 6.07) is 6.73. The first kappa shape index (κ1) is 12.2. The Hall–Kier alpha value is -1.22. The summed E-state index contributed by atoms with van der Waals surface area (Å²) >= 11 is 0. The van der Waals surface area contributed by atoms with Crippen LogP contribution in [0, 0.1) is 6.92 Å². The van der Waals surface area contributed by atoms with Gasteiger partial charge in [0.25, 0.3) is 0 Å². The van der Waals surface area contributed by atoms with Gasteiger partial charge >= 0.3 is 0 Å². The summed E-state index contributed by atoms with van der Waals surface area (Å²) in [4.78, 5) is 2.54. The van der Waals surface area contributed by atoms with E-state index in [9.17, 15) is 0 Å². The molecule has 0 saturated carbocycles. The minimum Gasteiger partial charge on any atom is -0.397 e. The first-order valence-electron chi connectivity index (χ1n) is 6.51. The summed E-state index contributed by atoms with van der Waals surface area (Å²) in [5, 5.41) is 3.46. The van der Waals surface area contributed by atoms with Crippen molar-refractivity contribution in [3.05, 3.63) is 23.8 Å². The van der Waals surface area contributed by atoms with E-state index >= 15 is 0 Å². The van der Waals surface area contributed by atoms with Crippen molar-refractivity contribution in [3.63, 3.8) is 0 Å². The monoisotopic (exact) mass is 233 g/mol. The number of rotatable bonds is 4. The standard InChI is InChI=1S/C14H23N3/c1-11-6-5-7-13(14(11)15)16-10-12(2)17-8-3-4-9-17/h5-7,12,16H,3-4,8-10,15H2,1-2H3. The SMILES string of the molecule is Cc1cccc(NCC(C)N2CCCC2)c1N. The lowest BCUT2D eigenvalue weighted by atomic mass is 10.1. The van der Waals surface area contributed by atoms with Crippen LogP contribution in [0.5, 0.6) is 0 Å². The van der Waals surface area contributed by atoms with E-state index in [0.717, 1.165) is 23.5 Å². The fourth-order valence-corrected chi connectivity index (χ4v) is 2.40. The Morgan fingerprint density at radius 3 is 2.76 bits per heavy atom. The number of likely N-dealkylation sites (tertiary alicyclic amines) is 1. The molecule has 1 aliphatic heterocycles. The molecule has 1 aromatic rings. The molecule has 3 N–H and O–H groups in total. The molecule has 0 bridgehead atoms. The number of nitrogens with zero attached hydrogens (tertiary/aromatic N) is 1. The Morgan fingerprint density at radius 1 is 1.35 bits per heavy atom. The number of para-hydroxylation sites is 1. The maximum absolute atomic E-state index is 6.05. The molecule has 94 valence electrons. The van der Waals surface area contributed by atoms with Crippen molar-refractivity contribution in [1.82, 2.24) is 4.90 Å². The van der Waals surface area contributed by atoms with Crippen LogP contribution >= 0.6 is 0 Å². The van der Waals surface area contributed by atoms with Crippen molar-refractivity contribution in [1.29, 1.82) is 0 Å². The Labute approximate surface area is 104 Å². The highest BCUT2D eigenvalue weighted by Gasteiger charge is 2.17. The highest BCUT2D eigenvalue weighted by molar-refractivity contribution is 5.69. The topological polar surface area (TPSA) is 41.3 Å². The lowest BCUT2D eigenvalue weighted by Crippen LogP contribution is -2.35. The van der Waals surface area contributed by atoms with Gasteiger partial charge in [-0.05, 0) is 51.4 Å². The zero-order valence-corrected chi connectivity index (χ0v) is 10.9.